The van der Waals surface area contributed by atoms with Crippen LogP contribution in [0.5, 0.6) is 0 Å². The molecule has 0 saturated heterocycles. The Morgan fingerprint density at radius 2 is 1.88 bits per heavy atom. The first-order valence-corrected chi connectivity index (χ1v) is 6.85. The van der Waals surface area contributed by atoms with Crippen LogP contribution < -0.4 is 5.32 Å². The molecule has 0 aromatic carbocycles. The van der Waals surface area contributed by atoms with Crippen LogP contribution in [0.4, 0.5) is 0 Å². The minimum atomic E-state index is 0.727. The minimum Gasteiger partial charge on any atom is -0.316 e. The van der Waals surface area contributed by atoms with E-state index in [9.17, 15) is 0 Å². The van der Waals surface area contributed by atoms with Crippen LogP contribution in [-0.2, 0) is 0 Å². The van der Waals surface area contributed by atoms with Crippen molar-refractivity contribution in [3.8, 4) is 0 Å². The summed E-state index contributed by atoms with van der Waals surface area (Å²) in [6, 6.07) is 0.727. The average Bonchev–Trinajstić information content (AvgIpc) is 2.23. The van der Waals surface area contributed by atoms with Crippen LogP contribution in [0.2, 0.25) is 0 Å². The molecule has 98 valence electrons. The van der Waals surface area contributed by atoms with Gasteiger partial charge in [0.05, 0.1) is 0 Å². The van der Waals surface area contributed by atoms with Gasteiger partial charge in [0.25, 0.3) is 0 Å². The summed E-state index contributed by atoms with van der Waals surface area (Å²) in [7, 11) is 0. The second-order valence-corrected chi connectivity index (χ2v) is 5.49. The smallest absolute Gasteiger partial charge is 0.0166 e. The quantitative estimate of drug-likeness (QED) is 0.619. The van der Waals surface area contributed by atoms with Gasteiger partial charge in [-0.05, 0) is 37.8 Å². The second-order valence-electron chi connectivity index (χ2n) is 5.49. The molecule has 0 aromatic heterocycles. The monoisotopic (exact) mass is 236 g/mol. The topological polar surface area (TPSA) is 15.3 Å². The van der Waals surface area contributed by atoms with E-state index in [0.29, 0.717) is 0 Å². The zero-order chi connectivity index (χ0) is 12.7. The molecule has 17 heavy (non-hydrogen) atoms. The Labute approximate surface area is 107 Å². The lowest BCUT2D eigenvalue weighted by Crippen LogP contribution is -2.50. The van der Waals surface area contributed by atoms with Gasteiger partial charge in [0, 0.05) is 19.1 Å². The van der Waals surface area contributed by atoms with Gasteiger partial charge in [0.2, 0.25) is 0 Å². The van der Waals surface area contributed by atoms with Gasteiger partial charge in [-0.25, -0.2) is 0 Å². The third kappa shape index (κ3) is 4.64. The Kier molecular flexibility index (Phi) is 6.53. The summed E-state index contributed by atoms with van der Waals surface area (Å²) in [5.74, 6) is 1.56. The molecule has 1 N–H and O–H groups in total. The predicted molar refractivity (Wildman–Crippen MR) is 76.2 cm³/mol. The van der Waals surface area contributed by atoms with Crippen LogP contribution in [0, 0.1) is 11.8 Å². The van der Waals surface area contributed by atoms with Crippen molar-refractivity contribution < 1.29 is 0 Å². The van der Waals surface area contributed by atoms with E-state index in [0.717, 1.165) is 44.1 Å². The van der Waals surface area contributed by atoms with E-state index in [-0.39, 0.29) is 0 Å². The van der Waals surface area contributed by atoms with E-state index in [1.54, 1.807) is 0 Å². The van der Waals surface area contributed by atoms with Crippen molar-refractivity contribution in [2.24, 2.45) is 11.8 Å². The van der Waals surface area contributed by atoms with Gasteiger partial charge in [0.15, 0.2) is 0 Å². The molecular weight excluding hydrogens is 208 g/mol. The zero-order valence-electron chi connectivity index (χ0n) is 11.5. The highest BCUT2D eigenvalue weighted by Gasteiger charge is 2.33. The molecule has 0 spiro atoms. The molecule has 2 heteroatoms. The molecule has 0 aliphatic heterocycles. The Morgan fingerprint density at radius 3 is 2.29 bits per heavy atom. The number of hydrogen-bond donors (Lipinski definition) is 1. The van der Waals surface area contributed by atoms with Crippen molar-refractivity contribution in [3.63, 3.8) is 0 Å². The molecule has 2 atom stereocenters. The first-order chi connectivity index (χ1) is 8.19. The SMILES string of the molecule is C=CCN(CC=C)C1CCC1CNCC(C)C. The fourth-order valence-electron chi connectivity index (χ4n) is 2.50. The molecule has 1 rings (SSSR count). The summed E-state index contributed by atoms with van der Waals surface area (Å²) < 4.78 is 0. The third-order valence-electron chi connectivity index (χ3n) is 3.53. The summed E-state index contributed by atoms with van der Waals surface area (Å²) in [5, 5.41) is 3.58. The van der Waals surface area contributed by atoms with Gasteiger partial charge < -0.3 is 5.32 Å². The molecule has 1 aliphatic rings. The second kappa shape index (κ2) is 7.67. The first kappa shape index (κ1) is 14.5. The normalized spacial score (nSPS) is 23.8. The maximum Gasteiger partial charge on any atom is 0.0166 e. The van der Waals surface area contributed by atoms with Crippen molar-refractivity contribution in [2.45, 2.75) is 32.7 Å². The van der Waals surface area contributed by atoms with Crippen molar-refractivity contribution in [3.05, 3.63) is 25.3 Å². The van der Waals surface area contributed by atoms with Crippen molar-refractivity contribution >= 4 is 0 Å². The van der Waals surface area contributed by atoms with Gasteiger partial charge in [0.1, 0.15) is 0 Å². The molecule has 2 nitrogen and oxygen atoms in total. The van der Waals surface area contributed by atoms with E-state index >= 15 is 0 Å². The highest BCUT2D eigenvalue weighted by atomic mass is 15.2. The molecule has 0 radical (unpaired) electrons. The van der Waals surface area contributed by atoms with E-state index in [2.05, 4.69) is 37.2 Å². The molecule has 0 heterocycles. The van der Waals surface area contributed by atoms with E-state index in [1.807, 2.05) is 12.2 Å². The van der Waals surface area contributed by atoms with E-state index < -0.39 is 0 Å². The van der Waals surface area contributed by atoms with Gasteiger partial charge >= 0.3 is 0 Å². The number of nitrogens with zero attached hydrogens (tertiary/aromatic N) is 1. The molecule has 0 aromatic rings. The molecule has 1 saturated carbocycles. The number of rotatable bonds is 9. The van der Waals surface area contributed by atoms with Crippen LogP contribution in [0.1, 0.15) is 26.7 Å². The van der Waals surface area contributed by atoms with Crippen LogP contribution in [0.15, 0.2) is 25.3 Å². The lowest BCUT2D eigenvalue weighted by atomic mass is 9.78. The Hall–Kier alpha value is -0.600. The summed E-state index contributed by atoms with van der Waals surface area (Å²) in [5.41, 5.74) is 0. The van der Waals surface area contributed by atoms with Crippen molar-refractivity contribution in [2.75, 3.05) is 26.2 Å². The van der Waals surface area contributed by atoms with Gasteiger partial charge in [-0.1, -0.05) is 26.0 Å². The maximum absolute atomic E-state index is 3.84. The molecule has 1 fully saturated rings. The van der Waals surface area contributed by atoms with Gasteiger partial charge in [-0.15, -0.1) is 13.2 Å². The lowest BCUT2D eigenvalue weighted by Gasteiger charge is -2.44. The van der Waals surface area contributed by atoms with Crippen LogP contribution in [-0.4, -0.2) is 37.1 Å². The summed E-state index contributed by atoms with van der Waals surface area (Å²) >= 11 is 0. The van der Waals surface area contributed by atoms with Gasteiger partial charge in [-0.2, -0.15) is 0 Å². The zero-order valence-corrected chi connectivity index (χ0v) is 11.5. The van der Waals surface area contributed by atoms with Crippen LogP contribution in [0.3, 0.4) is 0 Å². The first-order valence-electron chi connectivity index (χ1n) is 6.85. The van der Waals surface area contributed by atoms with Crippen molar-refractivity contribution in [1.82, 2.24) is 10.2 Å². The molecule has 1 aliphatic carbocycles. The summed E-state index contributed by atoms with van der Waals surface area (Å²) in [6.45, 7) is 16.5. The van der Waals surface area contributed by atoms with Gasteiger partial charge in [-0.3, -0.25) is 4.90 Å². The fourth-order valence-corrected chi connectivity index (χ4v) is 2.50. The minimum absolute atomic E-state index is 0.727. The van der Waals surface area contributed by atoms with E-state index in [4.69, 9.17) is 0 Å². The average molecular weight is 236 g/mol. The number of hydrogen-bond acceptors (Lipinski definition) is 2. The Bertz CT molecular complexity index is 225. The Balaban J connectivity index is 2.31. The highest BCUT2D eigenvalue weighted by molar-refractivity contribution is 4.94. The predicted octanol–water partition coefficient (Wildman–Crippen LogP) is 2.68. The molecule has 0 amide bonds. The lowest BCUT2D eigenvalue weighted by molar-refractivity contribution is 0.0808. The fraction of sp³-hybridized carbons (Fsp3) is 0.733. The third-order valence-corrected chi connectivity index (χ3v) is 3.53. The summed E-state index contributed by atoms with van der Waals surface area (Å²) in [4.78, 5) is 2.49. The maximum atomic E-state index is 3.84. The molecule has 0 bridgehead atoms. The van der Waals surface area contributed by atoms with Crippen LogP contribution >= 0.6 is 0 Å². The molecule has 2 unspecified atom stereocenters. The van der Waals surface area contributed by atoms with Crippen LogP contribution in [0.25, 0.3) is 0 Å². The summed E-state index contributed by atoms with van der Waals surface area (Å²) in [6.07, 6.45) is 6.69. The van der Waals surface area contributed by atoms with E-state index in [1.165, 1.54) is 12.8 Å². The molecular formula is C15H28N2. The highest BCUT2D eigenvalue weighted by Crippen LogP contribution is 2.31. The largest absolute Gasteiger partial charge is 0.316 e. The Morgan fingerprint density at radius 1 is 1.24 bits per heavy atom. The van der Waals surface area contributed by atoms with Crippen molar-refractivity contribution in [1.29, 1.82) is 0 Å². The number of nitrogens with one attached hydrogen (secondary N) is 1. The standard InChI is InChI=1S/C15H28N2/c1-5-9-17(10-6-2)15-8-7-14(15)12-16-11-13(3)4/h5-6,13-16H,1-2,7-12H2,3-4H3.